The number of nitrogens with two attached hydrogens (primary N) is 1. The van der Waals surface area contributed by atoms with Crippen molar-refractivity contribution in [3.8, 4) is 0 Å². The maximum atomic E-state index is 12.8. The number of allylic oxidation sites excluding steroid dienone is 1. The first-order valence-electron chi connectivity index (χ1n) is 4.81. The minimum absolute atomic E-state index is 0.324. The highest BCUT2D eigenvalue weighted by Crippen LogP contribution is 2.28. The number of aromatic nitrogens is 1. The lowest BCUT2D eigenvalue weighted by molar-refractivity contribution is 0.0208. The molecule has 1 aromatic carbocycles. The van der Waals surface area contributed by atoms with Crippen molar-refractivity contribution in [2.24, 2.45) is 0 Å². The van der Waals surface area contributed by atoms with Crippen LogP contribution in [-0.2, 0) is 0 Å². The second-order valence-electron chi connectivity index (χ2n) is 3.70. The van der Waals surface area contributed by atoms with Gasteiger partial charge in [0.2, 0.25) is 0 Å². The summed E-state index contributed by atoms with van der Waals surface area (Å²) >= 11 is 1.20. The molecule has 17 heavy (non-hydrogen) atoms. The average molecular weight is 256 g/mol. The molecule has 90 valence electrons. The van der Waals surface area contributed by atoms with E-state index in [2.05, 4.69) is 4.98 Å². The summed E-state index contributed by atoms with van der Waals surface area (Å²) in [5.41, 5.74) is 6.85. The van der Waals surface area contributed by atoms with Gasteiger partial charge in [-0.2, -0.15) is 8.78 Å². The van der Waals surface area contributed by atoms with E-state index in [1.54, 1.807) is 18.2 Å². The number of aliphatic hydroxyl groups is 1. The SMILES string of the molecule is CC(F)(F)C(O)=Cc1nc2ccc(N)cc2s1. The highest BCUT2D eigenvalue weighted by Gasteiger charge is 2.27. The molecule has 0 saturated carbocycles. The Morgan fingerprint density at radius 2 is 2.24 bits per heavy atom. The predicted molar refractivity (Wildman–Crippen MR) is 65.3 cm³/mol. The van der Waals surface area contributed by atoms with Crippen molar-refractivity contribution in [1.82, 2.24) is 4.98 Å². The summed E-state index contributed by atoms with van der Waals surface area (Å²) in [5, 5.41) is 9.50. The molecule has 0 aliphatic carbocycles. The fraction of sp³-hybridized carbons (Fsp3) is 0.182. The van der Waals surface area contributed by atoms with Crippen molar-refractivity contribution in [3.63, 3.8) is 0 Å². The Labute approximate surface area is 100 Å². The van der Waals surface area contributed by atoms with Crippen LogP contribution in [-0.4, -0.2) is 16.0 Å². The molecule has 0 spiro atoms. The van der Waals surface area contributed by atoms with Gasteiger partial charge in [0.1, 0.15) is 5.01 Å². The Balaban J connectivity index is 2.44. The number of alkyl halides is 2. The van der Waals surface area contributed by atoms with E-state index in [0.717, 1.165) is 10.8 Å². The minimum atomic E-state index is -3.25. The highest BCUT2D eigenvalue weighted by molar-refractivity contribution is 7.19. The van der Waals surface area contributed by atoms with Crippen LogP contribution in [0.3, 0.4) is 0 Å². The van der Waals surface area contributed by atoms with Crippen molar-refractivity contribution in [2.75, 3.05) is 5.73 Å². The van der Waals surface area contributed by atoms with E-state index in [1.165, 1.54) is 11.3 Å². The van der Waals surface area contributed by atoms with E-state index in [0.29, 0.717) is 23.1 Å². The second-order valence-corrected chi connectivity index (χ2v) is 4.76. The van der Waals surface area contributed by atoms with Gasteiger partial charge in [-0.25, -0.2) is 4.98 Å². The first kappa shape index (κ1) is 11.8. The summed E-state index contributed by atoms with van der Waals surface area (Å²) < 4.78 is 26.3. The molecule has 0 amide bonds. The lowest BCUT2D eigenvalue weighted by atomic mass is 10.3. The molecule has 1 aromatic heterocycles. The molecule has 0 bridgehead atoms. The Kier molecular flexibility index (Phi) is 2.74. The number of benzene rings is 1. The lowest BCUT2D eigenvalue weighted by Gasteiger charge is -2.07. The van der Waals surface area contributed by atoms with Gasteiger partial charge in [-0.05, 0) is 18.2 Å². The predicted octanol–water partition coefficient (Wildman–Crippen LogP) is 3.43. The third kappa shape index (κ3) is 2.52. The Morgan fingerprint density at radius 1 is 1.53 bits per heavy atom. The van der Waals surface area contributed by atoms with E-state index in [-0.39, 0.29) is 0 Å². The molecule has 3 N–H and O–H groups in total. The molecule has 0 saturated heterocycles. The highest BCUT2D eigenvalue weighted by atomic mass is 32.1. The lowest BCUT2D eigenvalue weighted by Crippen LogP contribution is -2.12. The number of aliphatic hydroxyl groups excluding tert-OH is 1. The van der Waals surface area contributed by atoms with Crippen molar-refractivity contribution in [1.29, 1.82) is 0 Å². The van der Waals surface area contributed by atoms with Crippen molar-refractivity contribution in [3.05, 3.63) is 29.0 Å². The number of anilines is 1. The van der Waals surface area contributed by atoms with E-state index < -0.39 is 11.7 Å². The number of nitrogens with zero attached hydrogens (tertiary/aromatic N) is 1. The smallest absolute Gasteiger partial charge is 0.301 e. The topological polar surface area (TPSA) is 59.1 Å². The maximum Gasteiger partial charge on any atom is 0.301 e. The van der Waals surface area contributed by atoms with E-state index in [4.69, 9.17) is 5.73 Å². The zero-order valence-electron chi connectivity index (χ0n) is 8.95. The normalized spacial score (nSPS) is 13.2. The molecule has 2 aromatic rings. The quantitative estimate of drug-likeness (QED) is 0.639. The summed E-state index contributed by atoms with van der Waals surface area (Å²) in [6.45, 7) is 0.629. The Bertz CT molecular complexity index is 587. The molecule has 3 nitrogen and oxygen atoms in total. The van der Waals surface area contributed by atoms with Crippen molar-refractivity contribution < 1.29 is 13.9 Å². The van der Waals surface area contributed by atoms with Gasteiger partial charge >= 0.3 is 5.92 Å². The van der Waals surface area contributed by atoms with Crippen LogP contribution in [0.4, 0.5) is 14.5 Å². The van der Waals surface area contributed by atoms with E-state index in [9.17, 15) is 13.9 Å². The molecular formula is C11H10F2N2OS. The van der Waals surface area contributed by atoms with Gasteiger partial charge in [-0.1, -0.05) is 0 Å². The number of hydrogen-bond acceptors (Lipinski definition) is 4. The summed E-state index contributed by atoms with van der Waals surface area (Å²) in [4.78, 5) is 4.10. The van der Waals surface area contributed by atoms with Crippen LogP contribution >= 0.6 is 11.3 Å². The zero-order chi connectivity index (χ0) is 12.6. The molecule has 0 aliphatic rings. The minimum Gasteiger partial charge on any atom is -0.506 e. The fourth-order valence-electron chi connectivity index (χ4n) is 1.26. The van der Waals surface area contributed by atoms with E-state index in [1.807, 2.05) is 0 Å². The number of rotatable bonds is 2. The number of thiazole rings is 1. The zero-order valence-corrected chi connectivity index (χ0v) is 9.76. The number of nitrogen functional groups attached to an aromatic ring is 1. The molecule has 0 unspecified atom stereocenters. The Morgan fingerprint density at radius 3 is 2.88 bits per heavy atom. The van der Waals surface area contributed by atoms with Crippen molar-refractivity contribution in [2.45, 2.75) is 12.8 Å². The van der Waals surface area contributed by atoms with Crippen LogP contribution in [0.25, 0.3) is 16.3 Å². The fourth-order valence-corrected chi connectivity index (χ4v) is 2.22. The summed E-state index contributed by atoms with van der Waals surface area (Å²) in [6, 6.07) is 5.11. The first-order valence-corrected chi connectivity index (χ1v) is 5.63. The van der Waals surface area contributed by atoms with Crippen LogP contribution in [0.5, 0.6) is 0 Å². The van der Waals surface area contributed by atoms with Crippen LogP contribution in [0.1, 0.15) is 11.9 Å². The molecule has 0 aliphatic heterocycles. The number of hydrogen-bond donors (Lipinski definition) is 2. The van der Waals surface area contributed by atoms with Crippen LogP contribution in [0.2, 0.25) is 0 Å². The number of fused-ring (bicyclic) bond motifs is 1. The summed E-state index contributed by atoms with van der Waals surface area (Å²) in [7, 11) is 0. The number of halogens is 2. The van der Waals surface area contributed by atoms with Crippen molar-refractivity contribution >= 4 is 33.3 Å². The standard InChI is InChI=1S/C11H10F2N2OS/c1-11(12,13)9(16)5-10-15-7-3-2-6(14)4-8(7)17-10/h2-5,16H,14H2,1H3. The Hall–Kier alpha value is -1.69. The summed E-state index contributed by atoms with van der Waals surface area (Å²) in [6.07, 6.45) is 0.973. The van der Waals surface area contributed by atoms with Crippen LogP contribution in [0, 0.1) is 0 Å². The molecule has 2 rings (SSSR count). The molecule has 0 fully saturated rings. The van der Waals surface area contributed by atoms with Gasteiger partial charge in [-0.15, -0.1) is 11.3 Å². The van der Waals surface area contributed by atoms with Gasteiger partial charge in [0.05, 0.1) is 10.2 Å². The molecule has 0 atom stereocenters. The van der Waals surface area contributed by atoms with Gasteiger partial charge in [-0.3, -0.25) is 0 Å². The maximum absolute atomic E-state index is 12.8. The van der Waals surface area contributed by atoms with Gasteiger partial charge in [0, 0.05) is 18.7 Å². The molecular weight excluding hydrogens is 246 g/mol. The third-order valence-electron chi connectivity index (χ3n) is 2.14. The van der Waals surface area contributed by atoms with Gasteiger partial charge < -0.3 is 10.8 Å². The molecule has 1 heterocycles. The monoisotopic (exact) mass is 256 g/mol. The average Bonchev–Trinajstić information content (AvgIpc) is 2.57. The van der Waals surface area contributed by atoms with Gasteiger partial charge in [0.15, 0.2) is 5.76 Å². The molecule has 0 radical (unpaired) electrons. The first-order chi connectivity index (χ1) is 7.86. The van der Waals surface area contributed by atoms with Crippen LogP contribution < -0.4 is 5.73 Å². The molecule has 6 heteroatoms. The largest absolute Gasteiger partial charge is 0.506 e. The third-order valence-corrected chi connectivity index (χ3v) is 3.10. The van der Waals surface area contributed by atoms with Gasteiger partial charge in [0.25, 0.3) is 0 Å². The summed E-state index contributed by atoms with van der Waals surface area (Å²) in [5.74, 6) is -4.25. The van der Waals surface area contributed by atoms with E-state index >= 15 is 0 Å². The van der Waals surface area contributed by atoms with Crippen LogP contribution in [0.15, 0.2) is 24.0 Å². The second kappa shape index (κ2) is 3.96.